The number of hydrogen-bond donors (Lipinski definition) is 0. The summed E-state index contributed by atoms with van der Waals surface area (Å²) < 4.78 is 19.1. The highest BCUT2D eigenvalue weighted by Crippen LogP contribution is 2.32. The molecule has 0 aliphatic heterocycles. The maximum Gasteiger partial charge on any atom is 0.324 e. The molecular weight excluding hydrogens is 415 g/mol. The van der Waals surface area contributed by atoms with Crippen molar-refractivity contribution in [3.05, 3.63) is 84.7 Å². The van der Waals surface area contributed by atoms with Crippen LogP contribution >= 0.6 is 15.9 Å². The summed E-state index contributed by atoms with van der Waals surface area (Å²) in [5.41, 5.74) is 0. The minimum Gasteiger partial charge on any atom is -0.426 e. The van der Waals surface area contributed by atoms with Crippen LogP contribution in [0.25, 0.3) is 0 Å². The normalized spacial score (nSPS) is 13.0. The van der Waals surface area contributed by atoms with Crippen molar-refractivity contribution in [2.45, 2.75) is 26.4 Å². The molecule has 0 heterocycles. The lowest BCUT2D eigenvalue weighted by Gasteiger charge is -2.09. The minimum atomic E-state index is -0.444. The van der Waals surface area contributed by atoms with Crippen molar-refractivity contribution >= 4 is 32.8 Å². The molecule has 2 nitrogen and oxygen atoms in total. The molecule has 3 aromatic carbocycles. The molecule has 3 aromatic rings. The predicted octanol–water partition coefficient (Wildman–Crippen LogP) is 5.61. The van der Waals surface area contributed by atoms with Crippen molar-refractivity contribution in [3.63, 3.8) is 0 Å². The SMILES string of the molecule is CC(Br)C(=O)Oc1ccc([S+](c2ccccc2)c2cccc(F)c2)cc1. The lowest BCUT2D eigenvalue weighted by atomic mass is 10.3. The number of ether oxygens (including phenoxy) is 1. The van der Waals surface area contributed by atoms with Gasteiger partial charge in [0.1, 0.15) is 16.4 Å². The van der Waals surface area contributed by atoms with Crippen molar-refractivity contribution in [1.29, 1.82) is 0 Å². The highest BCUT2D eigenvalue weighted by Gasteiger charge is 2.29. The van der Waals surface area contributed by atoms with Crippen molar-refractivity contribution in [2.75, 3.05) is 0 Å². The zero-order chi connectivity index (χ0) is 18.5. The third-order valence-corrected chi connectivity index (χ3v) is 6.20. The number of hydrogen-bond acceptors (Lipinski definition) is 2. The van der Waals surface area contributed by atoms with Gasteiger partial charge in [0.05, 0.1) is 10.9 Å². The first-order chi connectivity index (χ1) is 12.5. The van der Waals surface area contributed by atoms with Crippen molar-refractivity contribution in [3.8, 4) is 5.75 Å². The Bertz CT molecular complexity index is 882. The van der Waals surface area contributed by atoms with E-state index in [9.17, 15) is 9.18 Å². The van der Waals surface area contributed by atoms with Gasteiger partial charge >= 0.3 is 5.97 Å². The van der Waals surface area contributed by atoms with Crippen LogP contribution in [-0.4, -0.2) is 10.8 Å². The van der Waals surface area contributed by atoms with Crippen LogP contribution in [0.2, 0.25) is 0 Å². The van der Waals surface area contributed by atoms with Gasteiger partial charge in [0, 0.05) is 6.07 Å². The first kappa shape index (κ1) is 18.7. The first-order valence-corrected chi connectivity index (χ1v) is 10.2. The van der Waals surface area contributed by atoms with Crippen molar-refractivity contribution < 1.29 is 13.9 Å². The summed E-state index contributed by atoms with van der Waals surface area (Å²) in [4.78, 5) is 14.3. The lowest BCUT2D eigenvalue weighted by Crippen LogP contribution is -2.17. The van der Waals surface area contributed by atoms with Gasteiger partial charge in [-0.25, -0.2) is 4.39 Å². The Balaban J connectivity index is 1.96. The topological polar surface area (TPSA) is 26.3 Å². The molecule has 0 amide bonds. The molecule has 0 saturated carbocycles. The zero-order valence-electron chi connectivity index (χ0n) is 14.1. The molecule has 0 bridgehead atoms. The van der Waals surface area contributed by atoms with Crippen LogP contribution in [0.1, 0.15) is 6.92 Å². The molecule has 0 radical (unpaired) electrons. The van der Waals surface area contributed by atoms with E-state index in [0.29, 0.717) is 5.75 Å². The van der Waals surface area contributed by atoms with E-state index in [1.165, 1.54) is 6.07 Å². The van der Waals surface area contributed by atoms with Crippen LogP contribution in [0.3, 0.4) is 0 Å². The fourth-order valence-electron chi connectivity index (χ4n) is 2.40. The molecule has 2 atom stereocenters. The molecule has 26 heavy (non-hydrogen) atoms. The molecule has 5 heteroatoms. The fourth-order valence-corrected chi connectivity index (χ4v) is 4.59. The van der Waals surface area contributed by atoms with Crippen molar-refractivity contribution in [2.24, 2.45) is 0 Å². The summed E-state index contributed by atoms with van der Waals surface area (Å²) in [7, 11) is -0.444. The van der Waals surface area contributed by atoms with Crippen molar-refractivity contribution in [1.82, 2.24) is 0 Å². The number of halogens is 2. The van der Waals surface area contributed by atoms with E-state index in [2.05, 4.69) is 15.9 Å². The summed E-state index contributed by atoms with van der Waals surface area (Å²) in [6.07, 6.45) is 0. The molecule has 132 valence electrons. The number of esters is 1. The van der Waals surface area contributed by atoms with Gasteiger partial charge < -0.3 is 4.74 Å². The van der Waals surface area contributed by atoms with Gasteiger partial charge in [-0.2, -0.15) is 0 Å². The number of benzene rings is 3. The van der Waals surface area contributed by atoms with Crippen LogP contribution in [0.5, 0.6) is 5.75 Å². The number of rotatable bonds is 5. The molecule has 0 aromatic heterocycles. The fraction of sp³-hybridized carbons (Fsp3) is 0.0952. The van der Waals surface area contributed by atoms with E-state index >= 15 is 0 Å². The number of alkyl halides is 1. The monoisotopic (exact) mass is 431 g/mol. The van der Waals surface area contributed by atoms with Crippen LogP contribution < -0.4 is 4.74 Å². The molecule has 0 saturated heterocycles. The molecule has 3 rings (SSSR count). The second-order valence-corrected chi connectivity index (χ2v) is 8.99. The van der Waals surface area contributed by atoms with Crippen LogP contribution in [0.15, 0.2) is 93.5 Å². The Kier molecular flexibility index (Phi) is 6.12. The number of carbonyl (C=O) groups is 1. The average Bonchev–Trinajstić information content (AvgIpc) is 2.64. The second kappa shape index (κ2) is 8.52. The third kappa shape index (κ3) is 4.54. The van der Waals surface area contributed by atoms with Gasteiger partial charge in [0.25, 0.3) is 0 Å². The van der Waals surface area contributed by atoms with E-state index in [1.807, 2.05) is 48.5 Å². The molecular formula is C21H17BrFO2S+. The Morgan fingerprint density at radius 3 is 2.15 bits per heavy atom. The van der Waals surface area contributed by atoms with Crippen LogP contribution in [0, 0.1) is 5.82 Å². The van der Waals surface area contributed by atoms with Gasteiger partial charge in [0.15, 0.2) is 14.7 Å². The van der Waals surface area contributed by atoms with Gasteiger partial charge in [-0.1, -0.05) is 40.2 Å². The Labute approximate surface area is 163 Å². The second-order valence-electron chi connectivity index (χ2n) is 5.59. The van der Waals surface area contributed by atoms with E-state index < -0.39 is 10.9 Å². The smallest absolute Gasteiger partial charge is 0.324 e. The summed E-state index contributed by atoms with van der Waals surface area (Å²) >= 11 is 3.19. The molecule has 0 aliphatic rings. The van der Waals surface area contributed by atoms with E-state index in [4.69, 9.17) is 4.74 Å². The molecule has 0 fully saturated rings. The highest BCUT2D eigenvalue weighted by atomic mass is 79.9. The van der Waals surface area contributed by atoms with Gasteiger partial charge in [-0.05, 0) is 55.5 Å². The first-order valence-electron chi connectivity index (χ1n) is 8.05. The molecule has 0 spiro atoms. The number of carbonyl (C=O) groups excluding carboxylic acids is 1. The lowest BCUT2D eigenvalue weighted by molar-refractivity contribution is -0.133. The summed E-state index contributed by atoms with van der Waals surface area (Å²) in [5.74, 6) is -0.112. The quantitative estimate of drug-likeness (QED) is 0.227. The summed E-state index contributed by atoms with van der Waals surface area (Å²) in [6, 6.07) is 24.0. The largest absolute Gasteiger partial charge is 0.426 e. The molecule has 0 aliphatic carbocycles. The van der Waals surface area contributed by atoms with Gasteiger partial charge in [-0.3, -0.25) is 4.79 Å². The van der Waals surface area contributed by atoms with Crippen LogP contribution in [-0.2, 0) is 15.7 Å². The maximum absolute atomic E-state index is 13.8. The third-order valence-electron chi connectivity index (χ3n) is 3.61. The van der Waals surface area contributed by atoms with Gasteiger partial charge in [-0.15, -0.1) is 0 Å². The van der Waals surface area contributed by atoms with Gasteiger partial charge in [0.2, 0.25) is 0 Å². The Hall–Kier alpha value is -2.11. The van der Waals surface area contributed by atoms with E-state index in [-0.39, 0.29) is 16.6 Å². The zero-order valence-corrected chi connectivity index (χ0v) is 16.5. The highest BCUT2D eigenvalue weighted by molar-refractivity contribution is 9.10. The standard InChI is InChI=1S/C21H17BrFO2S/c1-15(22)21(24)25-17-10-12-19(13-11-17)26(18-7-3-2-4-8-18)20-9-5-6-16(23)14-20/h2-15H,1H3/q+1. The predicted molar refractivity (Wildman–Crippen MR) is 105 cm³/mol. The van der Waals surface area contributed by atoms with E-state index in [1.54, 1.807) is 31.2 Å². The average molecular weight is 432 g/mol. The Morgan fingerprint density at radius 1 is 0.923 bits per heavy atom. The van der Waals surface area contributed by atoms with Crippen LogP contribution in [0.4, 0.5) is 4.39 Å². The minimum absolute atomic E-state index is 0.257. The Morgan fingerprint density at radius 2 is 1.54 bits per heavy atom. The molecule has 0 N–H and O–H groups in total. The molecule has 2 unspecified atom stereocenters. The van der Waals surface area contributed by atoms with E-state index in [0.717, 1.165) is 14.7 Å². The summed E-state index contributed by atoms with van der Waals surface area (Å²) in [5, 5.41) is 0. The summed E-state index contributed by atoms with van der Waals surface area (Å²) in [6.45, 7) is 1.72. The maximum atomic E-state index is 13.8.